The topological polar surface area (TPSA) is 80.6 Å². The van der Waals surface area contributed by atoms with Crippen molar-refractivity contribution in [2.45, 2.75) is 0 Å². The van der Waals surface area contributed by atoms with Crippen LogP contribution in [0.15, 0.2) is 42.6 Å². The zero-order chi connectivity index (χ0) is 15.2. The molecule has 0 atom stereocenters. The highest BCUT2D eigenvalue weighted by molar-refractivity contribution is 5.92. The highest BCUT2D eigenvalue weighted by atomic mass is 16.5. The van der Waals surface area contributed by atoms with Crippen molar-refractivity contribution in [1.29, 1.82) is 0 Å². The fourth-order valence-corrected chi connectivity index (χ4v) is 1.81. The first-order chi connectivity index (χ1) is 10.1. The summed E-state index contributed by atoms with van der Waals surface area (Å²) < 4.78 is 7.16. The molecule has 1 aromatic carbocycles. The van der Waals surface area contributed by atoms with Gasteiger partial charge in [0.25, 0.3) is 5.91 Å². The second-order valence-corrected chi connectivity index (χ2v) is 4.44. The molecular formula is C15H16N2O4. The molecule has 0 aliphatic carbocycles. The van der Waals surface area contributed by atoms with Crippen LogP contribution in [0, 0.1) is 0 Å². The lowest BCUT2D eigenvalue weighted by Gasteiger charge is -2.08. The normalized spacial score (nSPS) is 10.1. The number of nitrogens with zero attached hydrogens (tertiary/aromatic N) is 1. The number of carboxylic acid groups (broad SMARTS) is 1. The van der Waals surface area contributed by atoms with Crippen LogP contribution in [0.4, 0.5) is 0 Å². The van der Waals surface area contributed by atoms with E-state index < -0.39 is 5.97 Å². The fraction of sp³-hybridized carbons (Fsp3) is 0.200. The Balaban J connectivity index is 1.76. The summed E-state index contributed by atoms with van der Waals surface area (Å²) in [5.74, 6) is -0.572. The van der Waals surface area contributed by atoms with E-state index in [0.29, 0.717) is 24.6 Å². The molecule has 0 saturated carbocycles. The van der Waals surface area contributed by atoms with Crippen LogP contribution in [0.1, 0.15) is 20.8 Å². The van der Waals surface area contributed by atoms with Crippen LogP contribution in [0.3, 0.4) is 0 Å². The number of aryl methyl sites for hydroxylation is 1. The number of hydrogen-bond donors (Lipinski definition) is 2. The van der Waals surface area contributed by atoms with E-state index in [2.05, 4.69) is 5.32 Å². The highest BCUT2D eigenvalue weighted by Crippen LogP contribution is 2.11. The number of benzene rings is 1. The van der Waals surface area contributed by atoms with Gasteiger partial charge in [0.05, 0.1) is 12.1 Å². The van der Waals surface area contributed by atoms with E-state index in [1.807, 2.05) is 0 Å². The van der Waals surface area contributed by atoms with Crippen LogP contribution >= 0.6 is 0 Å². The van der Waals surface area contributed by atoms with E-state index >= 15 is 0 Å². The maximum Gasteiger partial charge on any atom is 0.335 e. The summed E-state index contributed by atoms with van der Waals surface area (Å²) in [7, 11) is 1.80. The van der Waals surface area contributed by atoms with Gasteiger partial charge < -0.3 is 19.7 Å². The maximum absolute atomic E-state index is 11.8. The SMILES string of the molecule is Cn1cccc1C(=O)NCCOc1ccc(C(=O)O)cc1. The monoisotopic (exact) mass is 288 g/mol. The number of nitrogens with one attached hydrogen (secondary N) is 1. The molecule has 0 fully saturated rings. The average molecular weight is 288 g/mol. The Bertz CT molecular complexity index is 631. The largest absolute Gasteiger partial charge is 0.492 e. The van der Waals surface area contributed by atoms with E-state index in [0.717, 1.165) is 0 Å². The standard InChI is InChI=1S/C15H16N2O4/c1-17-9-2-3-13(17)14(18)16-8-10-21-12-6-4-11(5-7-12)15(19)20/h2-7,9H,8,10H2,1H3,(H,16,18)(H,19,20). The van der Waals surface area contributed by atoms with Crippen LogP contribution in [0.25, 0.3) is 0 Å². The van der Waals surface area contributed by atoms with Gasteiger partial charge in [-0.3, -0.25) is 4.79 Å². The molecule has 1 aromatic heterocycles. The summed E-state index contributed by atoms with van der Waals surface area (Å²) in [5.41, 5.74) is 0.792. The number of aromatic carboxylic acids is 1. The number of carboxylic acids is 1. The van der Waals surface area contributed by atoms with Crippen LogP contribution in [-0.2, 0) is 7.05 Å². The first kappa shape index (κ1) is 14.6. The smallest absolute Gasteiger partial charge is 0.335 e. The minimum atomic E-state index is -0.976. The molecule has 6 nitrogen and oxygen atoms in total. The molecule has 0 aliphatic rings. The van der Waals surface area contributed by atoms with Crippen LogP contribution < -0.4 is 10.1 Å². The highest BCUT2D eigenvalue weighted by Gasteiger charge is 2.07. The summed E-state index contributed by atoms with van der Waals surface area (Å²) in [4.78, 5) is 22.5. The second kappa shape index (κ2) is 6.60. The third-order valence-corrected chi connectivity index (χ3v) is 2.93. The van der Waals surface area contributed by atoms with Crippen LogP contribution in [0.5, 0.6) is 5.75 Å². The van der Waals surface area contributed by atoms with Gasteiger partial charge in [-0.1, -0.05) is 0 Å². The molecule has 2 N–H and O–H groups in total. The van der Waals surface area contributed by atoms with Crippen molar-refractivity contribution in [2.75, 3.05) is 13.2 Å². The van der Waals surface area contributed by atoms with Gasteiger partial charge in [0, 0.05) is 13.2 Å². The second-order valence-electron chi connectivity index (χ2n) is 4.44. The van der Waals surface area contributed by atoms with Gasteiger partial charge in [0.15, 0.2) is 0 Å². The molecule has 6 heteroatoms. The quantitative estimate of drug-likeness (QED) is 0.790. The maximum atomic E-state index is 11.8. The molecule has 0 saturated heterocycles. The molecule has 1 amide bonds. The van der Waals surface area contributed by atoms with E-state index in [1.165, 1.54) is 12.1 Å². The van der Waals surface area contributed by atoms with Crippen molar-refractivity contribution in [2.24, 2.45) is 7.05 Å². The molecule has 21 heavy (non-hydrogen) atoms. The lowest BCUT2D eigenvalue weighted by atomic mass is 10.2. The fourth-order valence-electron chi connectivity index (χ4n) is 1.81. The average Bonchev–Trinajstić information content (AvgIpc) is 2.90. The number of aromatic nitrogens is 1. The Kier molecular flexibility index (Phi) is 4.61. The summed E-state index contributed by atoms with van der Waals surface area (Å²) in [6, 6.07) is 9.65. The Hall–Kier alpha value is -2.76. The Labute approximate surface area is 122 Å². The Morgan fingerprint density at radius 2 is 1.95 bits per heavy atom. The summed E-state index contributed by atoms with van der Waals surface area (Å²) in [6.45, 7) is 0.674. The Morgan fingerprint density at radius 1 is 1.24 bits per heavy atom. The summed E-state index contributed by atoms with van der Waals surface area (Å²) in [6.07, 6.45) is 1.80. The lowest BCUT2D eigenvalue weighted by Crippen LogP contribution is -2.29. The number of carbonyl (C=O) groups excluding carboxylic acids is 1. The zero-order valence-corrected chi connectivity index (χ0v) is 11.6. The van der Waals surface area contributed by atoms with Gasteiger partial charge in [-0.15, -0.1) is 0 Å². The van der Waals surface area contributed by atoms with E-state index in [4.69, 9.17) is 9.84 Å². The predicted octanol–water partition coefficient (Wildman–Crippen LogP) is 1.53. The minimum absolute atomic E-state index is 0.160. The molecule has 0 bridgehead atoms. The molecule has 0 radical (unpaired) electrons. The van der Waals surface area contributed by atoms with Gasteiger partial charge in [-0.2, -0.15) is 0 Å². The van der Waals surface area contributed by atoms with Gasteiger partial charge in [0.2, 0.25) is 0 Å². The molecule has 2 rings (SSSR count). The van der Waals surface area contributed by atoms with E-state index in [1.54, 1.807) is 42.1 Å². The summed E-state index contributed by atoms with van der Waals surface area (Å²) >= 11 is 0. The van der Waals surface area contributed by atoms with E-state index in [9.17, 15) is 9.59 Å². The molecule has 0 aliphatic heterocycles. The third kappa shape index (κ3) is 3.85. The van der Waals surface area contributed by atoms with Crippen molar-refractivity contribution < 1.29 is 19.4 Å². The van der Waals surface area contributed by atoms with E-state index in [-0.39, 0.29) is 11.5 Å². The first-order valence-corrected chi connectivity index (χ1v) is 6.43. The molecular weight excluding hydrogens is 272 g/mol. The molecule has 2 aromatic rings. The number of amides is 1. The minimum Gasteiger partial charge on any atom is -0.492 e. The molecule has 1 heterocycles. The van der Waals surface area contributed by atoms with Crippen LogP contribution in [0.2, 0.25) is 0 Å². The van der Waals surface area contributed by atoms with Crippen molar-refractivity contribution in [3.05, 3.63) is 53.9 Å². The lowest BCUT2D eigenvalue weighted by molar-refractivity contribution is 0.0696. The zero-order valence-electron chi connectivity index (χ0n) is 11.6. The van der Waals surface area contributed by atoms with Gasteiger partial charge in [-0.05, 0) is 36.4 Å². The van der Waals surface area contributed by atoms with Gasteiger partial charge >= 0.3 is 5.97 Å². The third-order valence-electron chi connectivity index (χ3n) is 2.93. The first-order valence-electron chi connectivity index (χ1n) is 6.43. The van der Waals surface area contributed by atoms with Gasteiger partial charge in [-0.25, -0.2) is 4.79 Å². The number of carbonyl (C=O) groups is 2. The molecule has 0 spiro atoms. The predicted molar refractivity (Wildman–Crippen MR) is 76.6 cm³/mol. The summed E-state index contributed by atoms with van der Waals surface area (Å²) in [5, 5.41) is 11.5. The number of ether oxygens (including phenoxy) is 1. The van der Waals surface area contributed by atoms with Crippen molar-refractivity contribution >= 4 is 11.9 Å². The van der Waals surface area contributed by atoms with Gasteiger partial charge in [0.1, 0.15) is 18.1 Å². The number of hydrogen-bond acceptors (Lipinski definition) is 3. The Morgan fingerprint density at radius 3 is 2.52 bits per heavy atom. The number of rotatable bonds is 6. The van der Waals surface area contributed by atoms with Crippen molar-refractivity contribution in [3.63, 3.8) is 0 Å². The molecule has 0 unspecified atom stereocenters. The van der Waals surface area contributed by atoms with Crippen LogP contribution in [-0.4, -0.2) is 34.7 Å². The van der Waals surface area contributed by atoms with Crippen molar-refractivity contribution in [3.8, 4) is 5.75 Å². The molecule has 110 valence electrons. The van der Waals surface area contributed by atoms with Crippen molar-refractivity contribution in [1.82, 2.24) is 9.88 Å².